The summed E-state index contributed by atoms with van der Waals surface area (Å²) in [5.74, 6) is 0.751. The van der Waals surface area contributed by atoms with Gasteiger partial charge in [0.05, 0.1) is 10.7 Å². The van der Waals surface area contributed by atoms with Crippen molar-refractivity contribution in [1.29, 1.82) is 0 Å². The molecule has 3 aromatic heterocycles. The Bertz CT molecular complexity index is 1220. The molecule has 0 saturated heterocycles. The van der Waals surface area contributed by atoms with Gasteiger partial charge in [-0.25, -0.2) is 14.4 Å². The Morgan fingerprint density at radius 1 is 1.14 bits per heavy atom. The van der Waals surface area contributed by atoms with E-state index in [-0.39, 0.29) is 11.4 Å². The first-order valence-electron chi connectivity index (χ1n) is 8.23. The summed E-state index contributed by atoms with van der Waals surface area (Å²) < 4.78 is 14.3. The molecule has 4 aromatic rings. The molecule has 0 saturated carbocycles. The smallest absolute Gasteiger partial charge is 0.258 e. The quantitative estimate of drug-likeness (QED) is 0.499. The maximum atomic E-state index is 12.9. The summed E-state index contributed by atoms with van der Waals surface area (Å²) in [5.41, 5.74) is 1.82. The minimum absolute atomic E-state index is 0.194. The van der Waals surface area contributed by atoms with Crippen molar-refractivity contribution < 1.29 is 4.39 Å². The number of halogens is 2. The summed E-state index contributed by atoms with van der Waals surface area (Å²) in [7, 11) is 0. The van der Waals surface area contributed by atoms with E-state index in [0.717, 1.165) is 5.56 Å². The van der Waals surface area contributed by atoms with E-state index in [1.165, 1.54) is 40.6 Å². The van der Waals surface area contributed by atoms with E-state index in [1.807, 2.05) is 6.08 Å². The number of hydrogen-bond donors (Lipinski definition) is 1. The fraction of sp³-hybridized carbons (Fsp3) is 0.0526. The Labute approximate surface area is 168 Å². The average Bonchev–Trinajstić information content (AvgIpc) is 3.14. The number of nitrogens with zero attached hydrogens (tertiary/aromatic N) is 4. The number of benzene rings is 1. The molecule has 4 rings (SSSR count). The molecule has 3 heterocycles. The van der Waals surface area contributed by atoms with Gasteiger partial charge in [-0.15, -0.1) is 5.10 Å². The zero-order valence-electron chi connectivity index (χ0n) is 14.3. The number of nitrogens with one attached hydrogen (secondary N) is 1. The third kappa shape index (κ3) is 4.29. The highest BCUT2D eigenvalue weighted by Gasteiger charge is 2.07. The third-order valence-corrected chi connectivity index (χ3v) is 4.92. The van der Waals surface area contributed by atoms with E-state index in [2.05, 4.69) is 20.2 Å². The van der Waals surface area contributed by atoms with E-state index in [9.17, 15) is 9.18 Å². The second-order valence-electron chi connectivity index (χ2n) is 5.84. The molecule has 140 valence electrons. The third-order valence-electron chi connectivity index (χ3n) is 3.81. The SMILES string of the molecule is O=c1cc(CSc2n[nH]c(/C=C/c3ccc(F)cc3)n2)nc2ccc(Cl)cn12. The molecular weight excluding hydrogens is 401 g/mol. The molecule has 28 heavy (non-hydrogen) atoms. The zero-order valence-corrected chi connectivity index (χ0v) is 15.9. The minimum Gasteiger partial charge on any atom is -0.269 e. The molecule has 0 radical (unpaired) electrons. The summed E-state index contributed by atoms with van der Waals surface area (Å²) in [5, 5.41) is 7.98. The van der Waals surface area contributed by atoms with Crippen LogP contribution in [0.2, 0.25) is 5.02 Å². The molecule has 0 bridgehead atoms. The number of pyridine rings is 1. The van der Waals surface area contributed by atoms with Crippen molar-refractivity contribution in [2.24, 2.45) is 0 Å². The van der Waals surface area contributed by atoms with Crippen LogP contribution in [0.5, 0.6) is 0 Å². The highest BCUT2D eigenvalue weighted by molar-refractivity contribution is 7.98. The molecule has 0 aliphatic rings. The van der Waals surface area contributed by atoms with Crippen molar-refractivity contribution in [2.75, 3.05) is 0 Å². The van der Waals surface area contributed by atoms with Crippen molar-refractivity contribution >= 4 is 41.2 Å². The fourth-order valence-corrected chi connectivity index (χ4v) is 3.34. The molecule has 0 aliphatic heterocycles. The summed E-state index contributed by atoms with van der Waals surface area (Å²) in [6, 6.07) is 11.0. The van der Waals surface area contributed by atoms with Crippen LogP contribution in [-0.4, -0.2) is 24.6 Å². The number of H-pyrrole nitrogens is 1. The van der Waals surface area contributed by atoms with Crippen LogP contribution in [0.25, 0.3) is 17.8 Å². The Balaban J connectivity index is 1.44. The van der Waals surface area contributed by atoms with Crippen molar-refractivity contribution in [3.8, 4) is 0 Å². The standard InChI is InChI=1S/C19H13ClFN5OS/c20-13-4-8-17-22-15(9-18(27)26(17)10-13)11-28-19-23-16(24-25-19)7-3-12-1-5-14(21)6-2-12/h1-10H,11H2,(H,23,24,25)/b7-3+. The maximum Gasteiger partial charge on any atom is 0.258 e. The molecule has 0 aliphatic carbocycles. The number of aromatic nitrogens is 5. The van der Waals surface area contributed by atoms with Crippen LogP contribution < -0.4 is 5.56 Å². The van der Waals surface area contributed by atoms with Gasteiger partial charge < -0.3 is 0 Å². The summed E-state index contributed by atoms with van der Waals surface area (Å²) in [4.78, 5) is 21.0. The van der Waals surface area contributed by atoms with E-state index in [0.29, 0.717) is 33.1 Å². The van der Waals surface area contributed by atoms with E-state index >= 15 is 0 Å². The van der Waals surface area contributed by atoms with Gasteiger partial charge in [-0.1, -0.05) is 41.6 Å². The fourth-order valence-electron chi connectivity index (χ4n) is 2.48. The predicted molar refractivity (Wildman–Crippen MR) is 108 cm³/mol. The van der Waals surface area contributed by atoms with Crippen molar-refractivity contribution in [3.05, 3.63) is 86.9 Å². The average molecular weight is 414 g/mol. The minimum atomic E-state index is -0.277. The van der Waals surface area contributed by atoms with Crippen molar-refractivity contribution in [3.63, 3.8) is 0 Å². The van der Waals surface area contributed by atoms with Crippen LogP contribution in [0.15, 0.2) is 58.6 Å². The lowest BCUT2D eigenvalue weighted by molar-refractivity contribution is 0.628. The topological polar surface area (TPSA) is 75.9 Å². The van der Waals surface area contributed by atoms with Gasteiger partial charge in [-0.2, -0.15) is 0 Å². The Morgan fingerprint density at radius 3 is 2.79 bits per heavy atom. The first-order chi connectivity index (χ1) is 13.6. The Hall–Kier alpha value is -2.97. The summed E-state index contributed by atoms with van der Waals surface area (Å²) in [6.07, 6.45) is 5.11. The van der Waals surface area contributed by atoms with Crippen molar-refractivity contribution in [2.45, 2.75) is 10.9 Å². The highest BCUT2D eigenvalue weighted by Crippen LogP contribution is 2.18. The molecular formula is C19H13ClFN5OS. The number of fused-ring (bicyclic) bond motifs is 1. The molecule has 0 spiro atoms. The molecule has 1 aromatic carbocycles. The number of aromatic amines is 1. The molecule has 0 atom stereocenters. The van der Waals surface area contributed by atoms with Gasteiger partial charge in [0.25, 0.3) is 5.56 Å². The zero-order chi connectivity index (χ0) is 19.5. The van der Waals surface area contributed by atoms with Crippen LogP contribution in [-0.2, 0) is 5.75 Å². The van der Waals surface area contributed by atoms with Crippen LogP contribution in [0, 0.1) is 5.82 Å². The lowest BCUT2D eigenvalue weighted by Gasteiger charge is -2.03. The molecule has 0 unspecified atom stereocenters. The van der Waals surface area contributed by atoms with Gasteiger partial charge in [0, 0.05) is 18.0 Å². The molecule has 0 amide bonds. The van der Waals surface area contributed by atoms with Gasteiger partial charge >= 0.3 is 0 Å². The summed E-state index contributed by atoms with van der Waals surface area (Å²) in [6.45, 7) is 0. The van der Waals surface area contributed by atoms with Crippen LogP contribution >= 0.6 is 23.4 Å². The van der Waals surface area contributed by atoms with Crippen LogP contribution in [0.3, 0.4) is 0 Å². The maximum absolute atomic E-state index is 12.9. The highest BCUT2D eigenvalue weighted by atomic mass is 35.5. The normalized spacial score (nSPS) is 11.5. The van der Waals surface area contributed by atoms with Gasteiger partial charge in [0.15, 0.2) is 0 Å². The Kier molecular flexibility index (Phi) is 5.23. The van der Waals surface area contributed by atoms with E-state index in [4.69, 9.17) is 11.6 Å². The number of thioether (sulfide) groups is 1. The van der Waals surface area contributed by atoms with Crippen molar-refractivity contribution in [1.82, 2.24) is 24.6 Å². The largest absolute Gasteiger partial charge is 0.269 e. The number of rotatable bonds is 5. The lowest BCUT2D eigenvalue weighted by Crippen LogP contribution is -2.15. The first kappa shape index (κ1) is 18.4. The van der Waals surface area contributed by atoms with Crippen LogP contribution in [0.4, 0.5) is 4.39 Å². The molecule has 9 heteroatoms. The van der Waals surface area contributed by atoms with Gasteiger partial charge in [-0.05, 0) is 35.9 Å². The van der Waals surface area contributed by atoms with Gasteiger partial charge in [0.1, 0.15) is 17.3 Å². The Morgan fingerprint density at radius 2 is 1.96 bits per heavy atom. The monoisotopic (exact) mass is 413 g/mol. The molecule has 6 nitrogen and oxygen atoms in total. The van der Waals surface area contributed by atoms with E-state index in [1.54, 1.807) is 30.3 Å². The van der Waals surface area contributed by atoms with Crippen LogP contribution in [0.1, 0.15) is 17.1 Å². The second-order valence-corrected chi connectivity index (χ2v) is 7.22. The van der Waals surface area contributed by atoms with Gasteiger partial charge in [0.2, 0.25) is 5.16 Å². The second kappa shape index (κ2) is 7.95. The molecule has 0 fully saturated rings. The predicted octanol–water partition coefficient (Wildman–Crippen LogP) is 4.07. The summed E-state index contributed by atoms with van der Waals surface area (Å²) >= 11 is 7.28. The van der Waals surface area contributed by atoms with E-state index < -0.39 is 0 Å². The lowest BCUT2D eigenvalue weighted by atomic mass is 10.2. The van der Waals surface area contributed by atoms with Gasteiger partial charge in [-0.3, -0.25) is 14.3 Å². The number of hydrogen-bond acceptors (Lipinski definition) is 5. The first-order valence-corrected chi connectivity index (χ1v) is 9.60. The molecule has 1 N–H and O–H groups in total.